The predicted octanol–water partition coefficient (Wildman–Crippen LogP) is 3.25. The summed E-state index contributed by atoms with van der Waals surface area (Å²) in [5, 5.41) is 9.33. The normalized spacial score (nSPS) is 9.50. The van der Waals surface area contributed by atoms with Gasteiger partial charge in [-0.05, 0) is 17.7 Å². The number of benzene rings is 1. The molecule has 4 heteroatoms. The van der Waals surface area contributed by atoms with E-state index in [4.69, 9.17) is 16.9 Å². The summed E-state index contributed by atoms with van der Waals surface area (Å²) in [6.07, 6.45) is 0. The molecule has 0 atom stereocenters. The van der Waals surface area contributed by atoms with Gasteiger partial charge in [0, 0.05) is 10.4 Å². The highest BCUT2D eigenvalue weighted by Crippen LogP contribution is 2.22. The van der Waals surface area contributed by atoms with Crippen LogP contribution in [-0.2, 0) is 5.33 Å². The van der Waals surface area contributed by atoms with E-state index in [1.54, 1.807) is 6.07 Å². The second-order valence-corrected chi connectivity index (χ2v) is 3.14. The number of nitriles is 1. The van der Waals surface area contributed by atoms with E-state index in [-0.39, 0.29) is 5.56 Å². The van der Waals surface area contributed by atoms with Crippen molar-refractivity contribution in [3.05, 3.63) is 34.1 Å². The van der Waals surface area contributed by atoms with E-state index in [2.05, 4.69) is 15.9 Å². The highest BCUT2D eigenvalue weighted by atomic mass is 79.9. The standard InChI is InChI=1S/C8H4BrClFN/c9-3-5-2-8(11)6(4-12)1-7(5)10/h1-2H,3H2. The van der Waals surface area contributed by atoms with Crippen molar-refractivity contribution in [3.8, 4) is 6.07 Å². The molecule has 0 saturated heterocycles. The first-order valence-electron chi connectivity index (χ1n) is 3.13. The average Bonchev–Trinajstić information content (AvgIpc) is 2.08. The van der Waals surface area contributed by atoms with Crippen LogP contribution in [0.4, 0.5) is 4.39 Å². The molecule has 12 heavy (non-hydrogen) atoms. The van der Waals surface area contributed by atoms with Crippen molar-refractivity contribution in [1.82, 2.24) is 0 Å². The maximum absolute atomic E-state index is 12.9. The zero-order valence-corrected chi connectivity index (χ0v) is 8.28. The molecular formula is C8H4BrClFN. The molecule has 0 aliphatic carbocycles. The fraction of sp³-hybridized carbons (Fsp3) is 0.125. The van der Waals surface area contributed by atoms with Gasteiger partial charge in [0.05, 0.1) is 5.56 Å². The summed E-state index contributed by atoms with van der Waals surface area (Å²) >= 11 is 8.89. The zero-order valence-electron chi connectivity index (χ0n) is 5.94. The third-order valence-corrected chi connectivity index (χ3v) is 2.36. The summed E-state index contributed by atoms with van der Waals surface area (Å²) in [7, 11) is 0. The fourth-order valence-electron chi connectivity index (χ4n) is 0.776. The van der Waals surface area contributed by atoms with Crippen LogP contribution in [0.25, 0.3) is 0 Å². The molecule has 0 spiro atoms. The largest absolute Gasteiger partial charge is 0.206 e. The number of hydrogen-bond acceptors (Lipinski definition) is 1. The van der Waals surface area contributed by atoms with E-state index in [9.17, 15) is 4.39 Å². The van der Waals surface area contributed by atoms with Gasteiger partial charge in [-0.3, -0.25) is 0 Å². The topological polar surface area (TPSA) is 23.8 Å². The Hall–Kier alpha value is -0.590. The van der Waals surface area contributed by atoms with Crippen LogP contribution in [0.15, 0.2) is 12.1 Å². The molecule has 0 fully saturated rings. The Bertz CT molecular complexity index is 345. The molecule has 0 amide bonds. The van der Waals surface area contributed by atoms with Crippen LogP contribution in [0.1, 0.15) is 11.1 Å². The van der Waals surface area contributed by atoms with Gasteiger partial charge in [-0.2, -0.15) is 5.26 Å². The molecule has 0 unspecified atom stereocenters. The van der Waals surface area contributed by atoms with E-state index < -0.39 is 5.82 Å². The molecule has 0 saturated carbocycles. The molecule has 0 aromatic heterocycles. The van der Waals surface area contributed by atoms with E-state index in [0.717, 1.165) is 0 Å². The molecule has 0 radical (unpaired) electrons. The van der Waals surface area contributed by atoms with Crippen molar-refractivity contribution in [3.63, 3.8) is 0 Å². The monoisotopic (exact) mass is 247 g/mol. The van der Waals surface area contributed by atoms with Crippen LogP contribution in [0, 0.1) is 17.1 Å². The highest BCUT2D eigenvalue weighted by molar-refractivity contribution is 9.08. The van der Waals surface area contributed by atoms with Gasteiger partial charge in [0.25, 0.3) is 0 Å². The first-order chi connectivity index (χ1) is 5.69. The Morgan fingerprint density at radius 2 is 2.25 bits per heavy atom. The van der Waals surface area contributed by atoms with Crippen molar-refractivity contribution in [2.45, 2.75) is 5.33 Å². The van der Waals surface area contributed by atoms with Gasteiger partial charge < -0.3 is 0 Å². The summed E-state index contributed by atoms with van der Waals surface area (Å²) in [6, 6.07) is 4.30. The van der Waals surface area contributed by atoms with Crippen molar-refractivity contribution >= 4 is 27.5 Å². The molecule has 1 aromatic carbocycles. The third-order valence-electron chi connectivity index (χ3n) is 1.40. The van der Waals surface area contributed by atoms with Gasteiger partial charge in [-0.15, -0.1) is 0 Å². The smallest absolute Gasteiger partial charge is 0.141 e. The average molecular weight is 248 g/mol. The van der Waals surface area contributed by atoms with Crippen LogP contribution in [-0.4, -0.2) is 0 Å². The summed E-state index contributed by atoms with van der Waals surface area (Å²) < 4.78 is 12.9. The molecule has 0 aliphatic rings. The van der Waals surface area contributed by atoms with Gasteiger partial charge in [-0.1, -0.05) is 27.5 Å². The van der Waals surface area contributed by atoms with Crippen LogP contribution >= 0.6 is 27.5 Å². The molecule has 0 bridgehead atoms. The molecule has 1 nitrogen and oxygen atoms in total. The molecule has 0 heterocycles. The Morgan fingerprint density at radius 3 is 2.75 bits per heavy atom. The summed E-state index contributed by atoms with van der Waals surface area (Å²) in [5.41, 5.74) is 0.623. The lowest BCUT2D eigenvalue weighted by molar-refractivity contribution is 0.622. The first-order valence-corrected chi connectivity index (χ1v) is 4.63. The molecule has 1 aromatic rings. The minimum absolute atomic E-state index is 0.0234. The number of rotatable bonds is 1. The Labute approximate surface area is 82.9 Å². The second kappa shape index (κ2) is 3.88. The lowest BCUT2D eigenvalue weighted by atomic mass is 10.1. The number of hydrogen-bond donors (Lipinski definition) is 0. The Morgan fingerprint density at radius 1 is 1.58 bits per heavy atom. The zero-order chi connectivity index (χ0) is 9.14. The van der Waals surface area contributed by atoms with Crippen LogP contribution in [0.5, 0.6) is 0 Å². The van der Waals surface area contributed by atoms with Crippen molar-refractivity contribution in [2.24, 2.45) is 0 Å². The van der Waals surface area contributed by atoms with Gasteiger partial charge in [0.15, 0.2) is 0 Å². The van der Waals surface area contributed by atoms with Crippen molar-refractivity contribution < 1.29 is 4.39 Å². The molecule has 0 N–H and O–H groups in total. The minimum atomic E-state index is -0.531. The summed E-state index contributed by atoms with van der Waals surface area (Å²) in [6.45, 7) is 0. The lowest BCUT2D eigenvalue weighted by Crippen LogP contribution is -1.88. The van der Waals surface area contributed by atoms with E-state index in [0.29, 0.717) is 15.9 Å². The quantitative estimate of drug-likeness (QED) is 0.700. The first kappa shape index (κ1) is 9.50. The fourth-order valence-corrected chi connectivity index (χ4v) is 1.63. The predicted molar refractivity (Wildman–Crippen MR) is 48.8 cm³/mol. The lowest BCUT2D eigenvalue weighted by Gasteiger charge is -2.00. The third kappa shape index (κ3) is 1.77. The molecule has 1 rings (SSSR count). The van der Waals surface area contributed by atoms with Gasteiger partial charge in [0.2, 0.25) is 0 Å². The Kier molecular flexibility index (Phi) is 3.07. The molecular weight excluding hydrogens is 244 g/mol. The van der Waals surface area contributed by atoms with E-state index >= 15 is 0 Å². The SMILES string of the molecule is N#Cc1cc(Cl)c(CBr)cc1F. The molecule has 0 aliphatic heterocycles. The Balaban J connectivity index is 3.28. The van der Waals surface area contributed by atoms with Crippen LogP contribution < -0.4 is 0 Å². The van der Waals surface area contributed by atoms with E-state index in [1.807, 2.05) is 0 Å². The maximum atomic E-state index is 12.9. The maximum Gasteiger partial charge on any atom is 0.141 e. The molecule has 62 valence electrons. The van der Waals surface area contributed by atoms with Crippen LogP contribution in [0.2, 0.25) is 5.02 Å². The summed E-state index contributed by atoms with van der Waals surface area (Å²) in [4.78, 5) is 0. The number of alkyl halides is 1. The number of nitrogens with zero attached hydrogens (tertiary/aromatic N) is 1. The van der Waals surface area contributed by atoms with Gasteiger partial charge in [0.1, 0.15) is 11.9 Å². The number of halogens is 3. The second-order valence-electron chi connectivity index (χ2n) is 2.17. The van der Waals surface area contributed by atoms with Gasteiger partial charge in [-0.25, -0.2) is 4.39 Å². The van der Waals surface area contributed by atoms with Crippen molar-refractivity contribution in [2.75, 3.05) is 0 Å². The van der Waals surface area contributed by atoms with Gasteiger partial charge >= 0.3 is 0 Å². The minimum Gasteiger partial charge on any atom is -0.206 e. The van der Waals surface area contributed by atoms with Crippen LogP contribution in [0.3, 0.4) is 0 Å². The summed E-state index contributed by atoms with van der Waals surface area (Å²) in [5.74, 6) is -0.531. The highest BCUT2D eigenvalue weighted by Gasteiger charge is 2.06. The van der Waals surface area contributed by atoms with E-state index in [1.165, 1.54) is 12.1 Å². The van der Waals surface area contributed by atoms with Crippen molar-refractivity contribution in [1.29, 1.82) is 5.26 Å².